The zero-order valence-electron chi connectivity index (χ0n) is 12.2. The van der Waals surface area contributed by atoms with E-state index in [0.29, 0.717) is 0 Å². The summed E-state index contributed by atoms with van der Waals surface area (Å²) in [6, 6.07) is 10.2. The van der Waals surface area contributed by atoms with Crippen molar-refractivity contribution in [3.63, 3.8) is 0 Å². The summed E-state index contributed by atoms with van der Waals surface area (Å²) >= 11 is 0. The average molecular weight is 309 g/mol. The molecule has 6 heteroatoms. The third-order valence-electron chi connectivity index (χ3n) is 4.49. The van der Waals surface area contributed by atoms with Crippen LogP contribution in [0.15, 0.2) is 30.3 Å². The second-order valence-corrected chi connectivity index (χ2v) is 8.26. The van der Waals surface area contributed by atoms with E-state index in [1.807, 2.05) is 6.07 Å². The van der Waals surface area contributed by atoms with Crippen molar-refractivity contribution in [1.82, 2.24) is 9.80 Å². The third-order valence-corrected chi connectivity index (χ3v) is 6.23. The molecule has 1 aromatic carbocycles. The van der Waals surface area contributed by atoms with Crippen molar-refractivity contribution in [1.29, 1.82) is 0 Å². The molecule has 2 saturated heterocycles. The molecular formula is C15H23N3O2S. The van der Waals surface area contributed by atoms with Gasteiger partial charge >= 0.3 is 0 Å². The van der Waals surface area contributed by atoms with E-state index in [2.05, 4.69) is 34.1 Å². The van der Waals surface area contributed by atoms with Gasteiger partial charge in [-0.25, -0.2) is 8.42 Å². The second kappa shape index (κ2) is 6.04. The van der Waals surface area contributed by atoms with Crippen molar-refractivity contribution < 1.29 is 8.42 Å². The Morgan fingerprint density at radius 2 is 1.71 bits per heavy atom. The van der Waals surface area contributed by atoms with Crippen molar-refractivity contribution in [2.75, 3.05) is 37.7 Å². The van der Waals surface area contributed by atoms with Crippen LogP contribution in [0, 0.1) is 0 Å². The van der Waals surface area contributed by atoms with Gasteiger partial charge in [-0.2, -0.15) is 0 Å². The fourth-order valence-corrected chi connectivity index (χ4v) is 5.25. The normalized spacial score (nSPS) is 30.5. The lowest BCUT2D eigenvalue weighted by Crippen LogP contribution is -2.55. The first-order valence-corrected chi connectivity index (χ1v) is 9.32. The lowest BCUT2D eigenvalue weighted by atomic mass is 10.1. The van der Waals surface area contributed by atoms with Gasteiger partial charge in [0, 0.05) is 44.8 Å². The Morgan fingerprint density at radius 3 is 2.29 bits per heavy atom. The summed E-state index contributed by atoms with van der Waals surface area (Å²) in [6.45, 7) is 4.71. The maximum atomic E-state index is 11.7. The Labute approximate surface area is 126 Å². The summed E-state index contributed by atoms with van der Waals surface area (Å²) in [6.07, 6.45) is 0. The molecule has 5 nitrogen and oxygen atoms in total. The van der Waals surface area contributed by atoms with E-state index in [-0.39, 0.29) is 23.6 Å². The van der Waals surface area contributed by atoms with E-state index in [1.54, 1.807) is 0 Å². The fraction of sp³-hybridized carbons (Fsp3) is 0.600. The molecule has 2 N–H and O–H groups in total. The van der Waals surface area contributed by atoms with Crippen molar-refractivity contribution in [3.05, 3.63) is 35.9 Å². The highest BCUT2D eigenvalue weighted by molar-refractivity contribution is 7.91. The van der Waals surface area contributed by atoms with E-state index < -0.39 is 9.84 Å². The monoisotopic (exact) mass is 309 g/mol. The first-order chi connectivity index (χ1) is 10.0. The van der Waals surface area contributed by atoms with Crippen LogP contribution in [-0.2, 0) is 16.4 Å². The van der Waals surface area contributed by atoms with E-state index in [9.17, 15) is 8.42 Å². The number of nitrogens with two attached hydrogens (primary N) is 1. The van der Waals surface area contributed by atoms with Crippen LogP contribution in [0.25, 0.3) is 0 Å². The molecule has 3 rings (SSSR count). The lowest BCUT2D eigenvalue weighted by molar-refractivity contribution is 0.0945. The van der Waals surface area contributed by atoms with Crippen LogP contribution in [0.3, 0.4) is 0 Å². The molecule has 2 unspecified atom stereocenters. The molecule has 0 radical (unpaired) electrons. The van der Waals surface area contributed by atoms with Gasteiger partial charge in [-0.15, -0.1) is 0 Å². The third kappa shape index (κ3) is 3.63. The van der Waals surface area contributed by atoms with E-state index >= 15 is 0 Å². The highest BCUT2D eigenvalue weighted by Crippen LogP contribution is 2.19. The SMILES string of the molecule is NC1CS(=O)(=O)CC1N1CCN(Cc2ccccc2)CC1. The number of sulfone groups is 1. The quantitative estimate of drug-likeness (QED) is 0.846. The summed E-state index contributed by atoms with van der Waals surface area (Å²) in [4.78, 5) is 4.68. The van der Waals surface area contributed by atoms with Crippen LogP contribution < -0.4 is 5.73 Å². The number of hydrogen-bond donors (Lipinski definition) is 1. The first-order valence-electron chi connectivity index (χ1n) is 7.50. The molecule has 21 heavy (non-hydrogen) atoms. The number of rotatable bonds is 3. The van der Waals surface area contributed by atoms with E-state index in [1.165, 1.54) is 5.56 Å². The van der Waals surface area contributed by atoms with E-state index in [0.717, 1.165) is 32.7 Å². The van der Waals surface area contributed by atoms with Gasteiger partial charge in [0.25, 0.3) is 0 Å². The second-order valence-electron chi connectivity index (χ2n) is 6.11. The predicted molar refractivity (Wildman–Crippen MR) is 83.7 cm³/mol. The van der Waals surface area contributed by atoms with Crippen LogP contribution in [0.1, 0.15) is 5.56 Å². The molecule has 0 saturated carbocycles. The van der Waals surface area contributed by atoms with Crippen molar-refractivity contribution in [2.45, 2.75) is 18.6 Å². The molecule has 2 fully saturated rings. The van der Waals surface area contributed by atoms with Crippen molar-refractivity contribution in [2.24, 2.45) is 5.73 Å². The van der Waals surface area contributed by atoms with Gasteiger partial charge in [-0.1, -0.05) is 30.3 Å². The minimum absolute atomic E-state index is 0.00822. The molecule has 0 bridgehead atoms. The highest BCUT2D eigenvalue weighted by atomic mass is 32.2. The summed E-state index contributed by atoms with van der Waals surface area (Å²) in [5, 5.41) is 0. The van der Waals surface area contributed by atoms with Gasteiger partial charge in [0.2, 0.25) is 0 Å². The van der Waals surface area contributed by atoms with Crippen molar-refractivity contribution >= 4 is 9.84 Å². The Bertz CT molecular complexity index is 568. The van der Waals surface area contributed by atoms with Gasteiger partial charge in [0.05, 0.1) is 11.5 Å². The lowest BCUT2D eigenvalue weighted by Gasteiger charge is -2.38. The maximum absolute atomic E-state index is 11.7. The smallest absolute Gasteiger partial charge is 0.153 e. The molecule has 2 aliphatic heterocycles. The summed E-state index contributed by atoms with van der Waals surface area (Å²) < 4.78 is 23.4. The number of hydrogen-bond acceptors (Lipinski definition) is 5. The molecule has 0 spiro atoms. The average Bonchev–Trinajstić information content (AvgIpc) is 2.74. The molecule has 1 aromatic rings. The van der Waals surface area contributed by atoms with Gasteiger partial charge in [-0.05, 0) is 5.56 Å². The Balaban J connectivity index is 1.54. The predicted octanol–water partition coefficient (Wildman–Crippen LogP) is -0.0715. The molecule has 2 heterocycles. The van der Waals surface area contributed by atoms with Gasteiger partial charge < -0.3 is 5.73 Å². The van der Waals surface area contributed by atoms with Crippen LogP contribution in [-0.4, -0.2) is 68.0 Å². The topological polar surface area (TPSA) is 66.6 Å². The molecule has 2 aliphatic rings. The van der Waals surface area contributed by atoms with Gasteiger partial charge in [0.15, 0.2) is 9.84 Å². The minimum atomic E-state index is -2.94. The minimum Gasteiger partial charge on any atom is -0.325 e. The zero-order valence-corrected chi connectivity index (χ0v) is 13.0. The van der Waals surface area contributed by atoms with Gasteiger partial charge in [0.1, 0.15) is 0 Å². The first kappa shape index (κ1) is 15.0. The Hall–Kier alpha value is -0.950. The highest BCUT2D eigenvalue weighted by Gasteiger charge is 2.39. The standard InChI is InChI=1S/C15H23N3O2S/c16-14-11-21(19,20)12-15(14)18-8-6-17(7-9-18)10-13-4-2-1-3-5-13/h1-5,14-15H,6-12,16H2. The van der Waals surface area contributed by atoms with Gasteiger partial charge in [-0.3, -0.25) is 9.80 Å². The Morgan fingerprint density at radius 1 is 1.05 bits per heavy atom. The summed E-state index contributed by atoms with van der Waals surface area (Å²) in [5.74, 6) is 0.370. The maximum Gasteiger partial charge on any atom is 0.153 e. The summed E-state index contributed by atoms with van der Waals surface area (Å²) in [5.41, 5.74) is 7.33. The largest absolute Gasteiger partial charge is 0.325 e. The zero-order chi connectivity index (χ0) is 14.9. The molecule has 2 atom stereocenters. The molecule has 116 valence electrons. The van der Waals surface area contributed by atoms with Crippen LogP contribution in [0.2, 0.25) is 0 Å². The molecular weight excluding hydrogens is 286 g/mol. The van der Waals surface area contributed by atoms with Crippen molar-refractivity contribution in [3.8, 4) is 0 Å². The van der Waals surface area contributed by atoms with Crippen LogP contribution in [0.4, 0.5) is 0 Å². The number of piperazine rings is 1. The number of benzene rings is 1. The molecule has 0 aliphatic carbocycles. The number of nitrogens with zero attached hydrogens (tertiary/aromatic N) is 2. The van der Waals surface area contributed by atoms with Crippen LogP contribution in [0.5, 0.6) is 0 Å². The van der Waals surface area contributed by atoms with E-state index in [4.69, 9.17) is 5.73 Å². The summed E-state index contributed by atoms with van der Waals surface area (Å²) in [7, 11) is -2.94. The Kier molecular flexibility index (Phi) is 4.31. The molecule has 0 amide bonds. The van der Waals surface area contributed by atoms with Crippen LogP contribution >= 0.6 is 0 Å². The molecule has 0 aromatic heterocycles. The fourth-order valence-electron chi connectivity index (χ4n) is 3.33.